The Labute approximate surface area is 111 Å². The molecule has 0 fully saturated rings. The lowest BCUT2D eigenvalue weighted by Gasteiger charge is -2.21. The van der Waals surface area contributed by atoms with Crippen LogP contribution < -0.4 is 11.5 Å². The Morgan fingerprint density at radius 2 is 1.95 bits per heavy atom. The first-order valence-electron chi connectivity index (χ1n) is 5.58. The summed E-state index contributed by atoms with van der Waals surface area (Å²) in [5, 5.41) is 0. The zero-order valence-corrected chi connectivity index (χ0v) is 11.3. The predicted octanol–water partition coefficient (Wildman–Crippen LogP) is 1.93. The average Bonchev–Trinajstić information content (AvgIpc) is 2.30. The van der Waals surface area contributed by atoms with E-state index in [1.807, 2.05) is 0 Å². The van der Waals surface area contributed by atoms with Crippen molar-refractivity contribution in [3.8, 4) is 0 Å². The van der Waals surface area contributed by atoms with E-state index in [0.717, 1.165) is 13.0 Å². The molecule has 0 heterocycles. The topological polar surface area (TPSA) is 81.5 Å². The Morgan fingerprint density at radius 1 is 1.42 bits per heavy atom. The van der Waals surface area contributed by atoms with E-state index in [1.54, 1.807) is 6.92 Å². The summed E-state index contributed by atoms with van der Waals surface area (Å²) in [6, 6.07) is -1.52. The van der Waals surface area contributed by atoms with Crippen LogP contribution in [0.15, 0.2) is 40.6 Å². The fourth-order valence-electron chi connectivity index (χ4n) is 1.22. The van der Waals surface area contributed by atoms with Gasteiger partial charge in [0, 0.05) is 18.8 Å². The van der Waals surface area contributed by atoms with Gasteiger partial charge in [0.25, 0.3) is 11.8 Å². The van der Waals surface area contributed by atoms with Gasteiger partial charge in [-0.1, -0.05) is 12.7 Å². The zero-order valence-electron chi connectivity index (χ0n) is 11.3. The van der Waals surface area contributed by atoms with E-state index < -0.39 is 17.9 Å². The molecule has 106 valence electrons. The minimum Gasteiger partial charge on any atom is -0.402 e. The third-order valence-corrected chi connectivity index (χ3v) is 2.29. The van der Waals surface area contributed by atoms with Gasteiger partial charge in [0.15, 0.2) is 0 Å². The SMILES string of the molecule is C=CC(=O)N=C/C(C)=C\C(=C(/C)N)C(N)C(C)(F)F. The summed E-state index contributed by atoms with van der Waals surface area (Å²) in [5.74, 6) is -3.62. The molecule has 0 aromatic rings. The van der Waals surface area contributed by atoms with Crippen LogP contribution >= 0.6 is 0 Å². The first kappa shape index (κ1) is 17.2. The Bertz CT molecular complexity index is 441. The summed E-state index contributed by atoms with van der Waals surface area (Å²) < 4.78 is 26.4. The third kappa shape index (κ3) is 6.05. The molecule has 0 saturated carbocycles. The van der Waals surface area contributed by atoms with E-state index >= 15 is 0 Å². The van der Waals surface area contributed by atoms with Crippen molar-refractivity contribution in [1.82, 2.24) is 0 Å². The number of halogens is 2. The molecule has 0 spiro atoms. The smallest absolute Gasteiger partial charge is 0.269 e. The molecule has 0 bridgehead atoms. The van der Waals surface area contributed by atoms with E-state index in [4.69, 9.17) is 11.5 Å². The van der Waals surface area contributed by atoms with E-state index in [1.165, 1.54) is 19.2 Å². The van der Waals surface area contributed by atoms with Crippen LogP contribution in [0.25, 0.3) is 0 Å². The lowest BCUT2D eigenvalue weighted by Crippen LogP contribution is -2.40. The second-order valence-electron chi connectivity index (χ2n) is 4.26. The molecule has 19 heavy (non-hydrogen) atoms. The molecule has 0 radical (unpaired) electrons. The second-order valence-corrected chi connectivity index (χ2v) is 4.26. The van der Waals surface area contributed by atoms with Crippen LogP contribution in [0, 0.1) is 0 Å². The maximum atomic E-state index is 13.2. The van der Waals surface area contributed by atoms with Crippen LogP contribution in [0.2, 0.25) is 0 Å². The number of hydrogen-bond acceptors (Lipinski definition) is 3. The molecule has 0 aliphatic carbocycles. The Kier molecular flexibility index (Phi) is 6.27. The van der Waals surface area contributed by atoms with E-state index in [-0.39, 0.29) is 11.3 Å². The number of allylic oxidation sites excluding steroid dienone is 2. The molecule has 0 saturated heterocycles. The number of rotatable bonds is 5. The van der Waals surface area contributed by atoms with Gasteiger partial charge in [-0.15, -0.1) is 0 Å². The van der Waals surface area contributed by atoms with Crippen molar-refractivity contribution < 1.29 is 13.6 Å². The van der Waals surface area contributed by atoms with Crippen molar-refractivity contribution >= 4 is 12.1 Å². The summed E-state index contributed by atoms with van der Waals surface area (Å²) >= 11 is 0. The first-order valence-corrected chi connectivity index (χ1v) is 5.58. The van der Waals surface area contributed by atoms with E-state index in [2.05, 4.69) is 11.6 Å². The van der Waals surface area contributed by atoms with Crippen molar-refractivity contribution in [2.24, 2.45) is 16.5 Å². The highest BCUT2D eigenvalue weighted by Crippen LogP contribution is 2.23. The molecule has 1 unspecified atom stereocenters. The highest BCUT2D eigenvalue weighted by molar-refractivity contribution is 5.96. The van der Waals surface area contributed by atoms with Crippen LogP contribution in [0.3, 0.4) is 0 Å². The van der Waals surface area contributed by atoms with Gasteiger partial charge in [0.2, 0.25) is 0 Å². The standard InChI is InChI=1S/C13H19F2N3O/c1-5-11(19)18-7-8(2)6-10(9(3)16)12(17)13(4,14)15/h5-7,12H,1,16-17H2,2-4H3/b8-6-,10-9-,18-7?. The maximum absolute atomic E-state index is 13.2. The van der Waals surface area contributed by atoms with Crippen molar-refractivity contribution in [1.29, 1.82) is 0 Å². The molecule has 6 heteroatoms. The van der Waals surface area contributed by atoms with Gasteiger partial charge in [0.05, 0.1) is 6.04 Å². The number of amides is 1. The fourth-order valence-corrected chi connectivity index (χ4v) is 1.22. The predicted molar refractivity (Wildman–Crippen MR) is 72.9 cm³/mol. The van der Waals surface area contributed by atoms with Gasteiger partial charge in [-0.25, -0.2) is 13.8 Å². The number of hydrogen-bond donors (Lipinski definition) is 2. The van der Waals surface area contributed by atoms with E-state index in [9.17, 15) is 13.6 Å². The van der Waals surface area contributed by atoms with Crippen LogP contribution in [-0.4, -0.2) is 24.1 Å². The molecule has 0 aromatic carbocycles. The van der Waals surface area contributed by atoms with Crippen molar-refractivity contribution in [3.05, 3.63) is 35.6 Å². The monoisotopic (exact) mass is 271 g/mol. The van der Waals surface area contributed by atoms with Crippen molar-refractivity contribution in [2.75, 3.05) is 0 Å². The molecule has 1 atom stereocenters. The van der Waals surface area contributed by atoms with Gasteiger partial charge >= 0.3 is 0 Å². The van der Waals surface area contributed by atoms with Gasteiger partial charge in [-0.3, -0.25) is 4.79 Å². The molecule has 0 aliphatic heterocycles. The van der Waals surface area contributed by atoms with Gasteiger partial charge < -0.3 is 11.5 Å². The summed E-state index contributed by atoms with van der Waals surface area (Å²) in [4.78, 5) is 14.4. The first-order chi connectivity index (χ1) is 8.59. The molecule has 4 N–H and O–H groups in total. The Balaban J connectivity index is 5.28. The minimum absolute atomic E-state index is 0.113. The minimum atomic E-state index is -3.10. The highest BCUT2D eigenvalue weighted by atomic mass is 19.3. The maximum Gasteiger partial charge on any atom is 0.269 e. The van der Waals surface area contributed by atoms with Gasteiger partial charge in [-0.2, -0.15) is 0 Å². The molecule has 0 rings (SSSR count). The normalized spacial score (nSPS) is 16.2. The van der Waals surface area contributed by atoms with Gasteiger partial charge in [0.1, 0.15) is 0 Å². The van der Waals surface area contributed by atoms with Gasteiger partial charge in [-0.05, 0) is 31.1 Å². The molecule has 1 amide bonds. The van der Waals surface area contributed by atoms with Crippen LogP contribution in [0.1, 0.15) is 20.8 Å². The van der Waals surface area contributed by atoms with Crippen molar-refractivity contribution in [3.63, 3.8) is 0 Å². The van der Waals surface area contributed by atoms with Crippen LogP contribution in [0.5, 0.6) is 0 Å². The summed E-state index contributed by atoms with van der Waals surface area (Å²) in [6.45, 7) is 7.06. The van der Waals surface area contributed by atoms with Crippen LogP contribution in [-0.2, 0) is 4.79 Å². The second kappa shape index (κ2) is 6.94. The number of carbonyl (C=O) groups excluding carboxylic acids is 1. The largest absolute Gasteiger partial charge is 0.402 e. The third-order valence-electron chi connectivity index (χ3n) is 2.29. The van der Waals surface area contributed by atoms with Crippen LogP contribution in [0.4, 0.5) is 8.78 Å². The summed E-state index contributed by atoms with van der Waals surface area (Å²) in [5.41, 5.74) is 11.8. The van der Waals surface area contributed by atoms with E-state index in [0.29, 0.717) is 5.57 Å². The van der Waals surface area contributed by atoms with Crippen molar-refractivity contribution in [2.45, 2.75) is 32.7 Å². The number of nitrogens with zero attached hydrogens (tertiary/aromatic N) is 1. The number of nitrogens with two attached hydrogens (primary N) is 2. The lowest BCUT2D eigenvalue weighted by molar-refractivity contribution is -0.113. The number of aliphatic imine (C=N–C) groups is 1. The molecule has 0 aromatic heterocycles. The molecule has 0 aliphatic rings. The Morgan fingerprint density at radius 3 is 2.32 bits per heavy atom. The average molecular weight is 271 g/mol. The fraction of sp³-hybridized carbons (Fsp3) is 0.385. The lowest BCUT2D eigenvalue weighted by atomic mass is 9.98. The summed E-state index contributed by atoms with van der Waals surface area (Å²) in [7, 11) is 0. The Hall–Kier alpha value is -1.82. The molecular weight excluding hydrogens is 252 g/mol. The number of carbonyl (C=O) groups is 1. The highest BCUT2D eigenvalue weighted by Gasteiger charge is 2.33. The molecule has 4 nitrogen and oxygen atoms in total. The summed E-state index contributed by atoms with van der Waals surface area (Å²) in [6.07, 6.45) is 3.67. The molecular formula is C13H19F2N3O. The number of alkyl halides is 2. The quantitative estimate of drug-likeness (QED) is 0.455. The zero-order chi connectivity index (χ0) is 15.2.